The Morgan fingerprint density at radius 1 is 1.65 bits per heavy atom. The van der Waals surface area contributed by atoms with E-state index in [2.05, 4.69) is 0 Å². The van der Waals surface area contributed by atoms with Crippen LogP contribution < -0.4 is 0 Å². The smallest absolute Gasteiger partial charge is 0.236 e. The number of rotatable bonds is 5. The highest BCUT2D eigenvalue weighted by atomic mass is 16.5. The van der Waals surface area contributed by atoms with Crippen LogP contribution in [0.1, 0.15) is 20.3 Å². The van der Waals surface area contributed by atoms with Gasteiger partial charge in [-0.3, -0.25) is 9.69 Å². The molecule has 0 aromatic heterocycles. The summed E-state index contributed by atoms with van der Waals surface area (Å²) in [6.45, 7) is 6.90. The molecular weight excluding hydrogens is 220 g/mol. The lowest BCUT2D eigenvalue weighted by atomic mass is 10.2. The van der Waals surface area contributed by atoms with Crippen LogP contribution in [0.3, 0.4) is 0 Å². The minimum atomic E-state index is -0.309. The third-order valence-electron chi connectivity index (χ3n) is 2.93. The van der Waals surface area contributed by atoms with Gasteiger partial charge in [0.1, 0.15) is 0 Å². The van der Waals surface area contributed by atoms with Crippen molar-refractivity contribution in [3.05, 3.63) is 0 Å². The molecule has 5 heteroatoms. The first kappa shape index (κ1) is 14.4. The Hall–Kier alpha value is -0.650. The van der Waals surface area contributed by atoms with E-state index in [1.807, 2.05) is 23.8 Å². The van der Waals surface area contributed by atoms with Crippen molar-refractivity contribution in [3.8, 4) is 0 Å². The predicted molar refractivity (Wildman–Crippen MR) is 65.8 cm³/mol. The van der Waals surface area contributed by atoms with Gasteiger partial charge in [0, 0.05) is 19.6 Å². The van der Waals surface area contributed by atoms with Gasteiger partial charge < -0.3 is 14.7 Å². The first-order valence-electron chi connectivity index (χ1n) is 6.25. The van der Waals surface area contributed by atoms with Crippen molar-refractivity contribution in [2.45, 2.75) is 32.5 Å². The number of amides is 1. The van der Waals surface area contributed by atoms with Gasteiger partial charge in [-0.1, -0.05) is 0 Å². The van der Waals surface area contributed by atoms with E-state index in [1.54, 1.807) is 6.92 Å². The zero-order chi connectivity index (χ0) is 12.8. The van der Waals surface area contributed by atoms with E-state index in [-0.39, 0.29) is 18.1 Å². The fraction of sp³-hybridized carbons (Fsp3) is 0.917. The molecule has 1 heterocycles. The Morgan fingerprint density at radius 3 is 2.94 bits per heavy atom. The van der Waals surface area contributed by atoms with Gasteiger partial charge in [0.25, 0.3) is 0 Å². The predicted octanol–water partition coefficient (Wildman–Crippen LogP) is -0.0636. The molecule has 100 valence electrons. The van der Waals surface area contributed by atoms with Gasteiger partial charge in [0.05, 0.1) is 25.4 Å². The number of ether oxygens (including phenoxy) is 1. The maximum absolute atomic E-state index is 12.0. The van der Waals surface area contributed by atoms with Crippen LogP contribution in [0, 0.1) is 0 Å². The van der Waals surface area contributed by atoms with Gasteiger partial charge in [-0.25, -0.2) is 0 Å². The van der Waals surface area contributed by atoms with Crippen molar-refractivity contribution in [2.24, 2.45) is 0 Å². The monoisotopic (exact) mass is 244 g/mol. The van der Waals surface area contributed by atoms with Crippen molar-refractivity contribution in [2.75, 3.05) is 39.8 Å². The van der Waals surface area contributed by atoms with Crippen molar-refractivity contribution >= 4 is 5.91 Å². The fourth-order valence-electron chi connectivity index (χ4n) is 1.86. The second-order valence-corrected chi connectivity index (χ2v) is 4.90. The normalized spacial score (nSPS) is 22.9. The van der Waals surface area contributed by atoms with Gasteiger partial charge in [-0.15, -0.1) is 0 Å². The molecule has 0 radical (unpaired) electrons. The number of nitrogens with zero attached hydrogens (tertiary/aromatic N) is 2. The van der Waals surface area contributed by atoms with Gasteiger partial charge in [-0.05, 0) is 27.3 Å². The molecule has 0 bridgehead atoms. The average molecular weight is 244 g/mol. The number of aliphatic hydroxyl groups excluding tert-OH is 1. The Morgan fingerprint density at radius 2 is 2.35 bits per heavy atom. The lowest BCUT2D eigenvalue weighted by Crippen LogP contribution is -2.48. The van der Waals surface area contributed by atoms with Crippen molar-refractivity contribution in [3.63, 3.8) is 0 Å². The molecule has 0 aromatic carbocycles. The van der Waals surface area contributed by atoms with E-state index in [0.29, 0.717) is 32.7 Å². The highest BCUT2D eigenvalue weighted by molar-refractivity contribution is 5.78. The van der Waals surface area contributed by atoms with E-state index in [0.717, 1.165) is 6.54 Å². The van der Waals surface area contributed by atoms with E-state index in [1.165, 1.54) is 0 Å². The van der Waals surface area contributed by atoms with Crippen LogP contribution in [0.5, 0.6) is 0 Å². The molecule has 1 aliphatic heterocycles. The first-order chi connectivity index (χ1) is 7.99. The molecule has 0 spiro atoms. The maximum atomic E-state index is 12.0. The van der Waals surface area contributed by atoms with E-state index >= 15 is 0 Å². The molecule has 1 fully saturated rings. The van der Waals surface area contributed by atoms with Crippen LogP contribution in [0.15, 0.2) is 0 Å². The number of morpholine rings is 1. The Labute approximate surface area is 103 Å². The van der Waals surface area contributed by atoms with Crippen molar-refractivity contribution in [1.82, 2.24) is 9.80 Å². The largest absolute Gasteiger partial charge is 0.393 e. The molecule has 17 heavy (non-hydrogen) atoms. The third-order valence-corrected chi connectivity index (χ3v) is 2.93. The maximum Gasteiger partial charge on any atom is 0.236 e. The zero-order valence-corrected chi connectivity index (χ0v) is 11.1. The van der Waals surface area contributed by atoms with Crippen molar-refractivity contribution < 1.29 is 14.6 Å². The summed E-state index contributed by atoms with van der Waals surface area (Å²) in [7, 11) is 1.91. The molecule has 1 rings (SSSR count). The zero-order valence-electron chi connectivity index (χ0n) is 11.1. The van der Waals surface area contributed by atoms with Gasteiger partial charge >= 0.3 is 0 Å². The Bertz CT molecular complexity index is 246. The van der Waals surface area contributed by atoms with Crippen LogP contribution in [0.25, 0.3) is 0 Å². The van der Waals surface area contributed by atoms with Gasteiger partial charge in [0.2, 0.25) is 5.91 Å². The number of likely N-dealkylation sites (N-methyl/N-ethyl adjacent to an activating group) is 1. The summed E-state index contributed by atoms with van der Waals surface area (Å²) in [5.41, 5.74) is 0. The van der Waals surface area contributed by atoms with Crippen molar-refractivity contribution in [1.29, 1.82) is 0 Å². The highest BCUT2D eigenvalue weighted by Crippen LogP contribution is 2.05. The van der Waals surface area contributed by atoms with Crippen LogP contribution in [0.2, 0.25) is 0 Å². The minimum Gasteiger partial charge on any atom is -0.393 e. The molecule has 1 saturated heterocycles. The molecule has 0 aromatic rings. The molecule has 2 atom stereocenters. The lowest BCUT2D eigenvalue weighted by molar-refractivity contribution is -0.139. The average Bonchev–Trinajstić information content (AvgIpc) is 2.26. The third kappa shape index (κ3) is 5.48. The minimum absolute atomic E-state index is 0.135. The van der Waals surface area contributed by atoms with E-state index in [9.17, 15) is 9.90 Å². The highest BCUT2D eigenvalue weighted by Gasteiger charge is 2.21. The molecular formula is C12H24N2O3. The molecule has 1 aliphatic rings. The van der Waals surface area contributed by atoms with E-state index in [4.69, 9.17) is 4.74 Å². The Balaban J connectivity index is 2.27. The second kappa shape index (κ2) is 6.93. The molecule has 0 aliphatic carbocycles. The topological polar surface area (TPSA) is 53.0 Å². The molecule has 5 nitrogen and oxygen atoms in total. The van der Waals surface area contributed by atoms with Crippen LogP contribution >= 0.6 is 0 Å². The lowest BCUT2D eigenvalue weighted by Gasteiger charge is -2.32. The van der Waals surface area contributed by atoms with Crippen LogP contribution in [0.4, 0.5) is 0 Å². The fourth-order valence-corrected chi connectivity index (χ4v) is 1.86. The summed E-state index contributed by atoms with van der Waals surface area (Å²) >= 11 is 0. The molecule has 0 saturated carbocycles. The van der Waals surface area contributed by atoms with Gasteiger partial charge in [-0.2, -0.15) is 0 Å². The van der Waals surface area contributed by atoms with E-state index < -0.39 is 0 Å². The quantitative estimate of drug-likeness (QED) is 0.736. The molecule has 1 amide bonds. The Kier molecular flexibility index (Phi) is 5.88. The second-order valence-electron chi connectivity index (χ2n) is 4.90. The van der Waals surface area contributed by atoms with Gasteiger partial charge in [0.15, 0.2) is 0 Å². The summed E-state index contributed by atoms with van der Waals surface area (Å²) in [4.78, 5) is 15.8. The summed E-state index contributed by atoms with van der Waals surface area (Å²) in [6.07, 6.45) is 0.523. The number of hydrogen-bond acceptors (Lipinski definition) is 4. The first-order valence-corrected chi connectivity index (χ1v) is 6.25. The number of carbonyl (C=O) groups excluding carboxylic acids is 1. The van der Waals surface area contributed by atoms with Crippen LogP contribution in [-0.2, 0) is 9.53 Å². The summed E-state index contributed by atoms with van der Waals surface area (Å²) in [5, 5.41) is 9.18. The summed E-state index contributed by atoms with van der Waals surface area (Å²) < 4.78 is 5.40. The number of carbonyl (C=O) groups is 1. The number of hydrogen-bond donors (Lipinski definition) is 1. The molecule has 2 unspecified atom stereocenters. The standard InChI is InChI=1S/C12H24N2O3/c1-10(15)4-5-13(3)9-12(16)14-6-7-17-11(2)8-14/h10-11,15H,4-9H2,1-3H3. The SMILES string of the molecule is CC(O)CCN(C)CC(=O)N1CCOC(C)C1. The molecule has 1 N–H and O–H groups in total. The van der Waals surface area contributed by atoms with Crippen LogP contribution in [-0.4, -0.2) is 72.9 Å². The summed E-state index contributed by atoms with van der Waals surface area (Å²) in [5.74, 6) is 0.147. The number of aliphatic hydroxyl groups is 1. The summed E-state index contributed by atoms with van der Waals surface area (Å²) in [6, 6.07) is 0.